The third-order valence-corrected chi connectivity index (χ3v) is 8.40. The molecule has 3 nitrogen and oxygen atoms in total. The normalized spacial score (nSPS) is 16.9. The summed E-state index contributed by atoms with van der Waals surface area (Å²) < 4.78 is 6.20. The molecule has 2 aromatic carbocycles. The Kier molecular flexibility index (Phi) is 10.5. The van der Waals surface area contributed by atoms with Gasteiger partial charge in [0, 0.05) is 38.1 Å². The number of carboxylic acids is 1. The van der Waals surface area contributed by atoms with Gasteiger partial charge in [-0.2, -0.15) is 0 Å². The van der Waals surface area contributed by atoms with Crippen molar-refractivity contribution in [3.8, 4) is 5.75 Å². The second-order valence-corrected chi connectivity index (χ2v) is 11.2. The van der Waals surface area contributed by atoms with Gasteiger partial charge >= 0.3 is 5.97 Å². The van der Waals surface area contributed by atoms with Crippen molar-refractivity contribution in [3.05, 3.63) is 57.1 Å². The van der Waals surface area contributed by atoms with Crippen LogP contribution in [0.2, 0.25) is 10.0 Å². The molecule has 0 aromatic heterocycles. The van der Waals surface area contributed by atoms with E-state index in [4.69, 9.17) is 33.0 Å². The van der Waals surface area contributed by atoms with Crippen LogP contribution in [-0.2, 0) is 22.4 Å². The molecule has 1 unspecified atom stereocenters. The average Bonchev–Trinajstić information content (AvgIpc) is 3.14. The van der Waals surface area contributed by atoms with E-state index in [9.17, 15) is 4.79 Å². The number of fused-ring (bicyclic) bond motifs is 1. The molecule has 1 heterocycles. The lowest BCUT2D eigenvalue weighted by Gasteiger charge is -2.28. The zero-order valence-corrected chi connectivity index (χ0v) is 22.6. The van der Waals surface area contributed by atoms with E-state index >= 15 is 0 Å². The summed E-state index contributed by atoms with van der Waals surface area (Å²) in [6.07, 6.45) is 9.48. The van der Waals surface area contributed by atoms with Gasteiger partial charge in [0.2, 0.25) is 0 Å². The van der Waals surface area contributed by atoms with Gasteiger partial charge < -0.3 is 9.84 Å². The van der Waals surface area contributed by atoms with Crippen LogP contribution in [0.3, 0.4) is 0 Å². The second-order valence-electron chi connectivity index (χ2n) is 9.36. The highest BCUT2D eigenvalue weighted by Gasteiger charge is 2.39. The van der Waals surface area contributed by atoms with Crippen LogP contribution in [0.4, 0.5) is 0 Å². The molecule has 2 aromatic rings. The Morgan fingerprint density at radius 3 is 2.47 bits per heavy atom. The van der Waals surface area contributed by atoms with E-state index in [2.05, 4.69) is 44.2 Å². The molecule has 3 rings (SSSR count). The number of aliphatic carboxylic acids is 1. The standard InChI is InChI=1S/C28H36Cl2O3S/c1-3-5-9-20-15-24(29)22(25(30)16-20)18-34-21-11-12-23-26(17-21)33-19-28(23,13-4-2)14-8-6-7-10-27(31)32/h11-12,15-17H,3-10,13-14,18-19H2,1-2H3,(H,31,32). The van der Waals surface area contributed by atoms with Gasteiger partial charge in [-0.3, -0.25) is 4.79 Å². The maximum Gasteiger partial charge on any atom is 0.303 e. The molecule has 0 saturated carbocycles. The number of unbranched alkanes of at least 4 members (excludes halogenated alkanes) is 3. The number of halogens is 2. The number of hydrogen-bond acceptors (Lipinski definition) is 3. The maximum atomic E-state index is 10.8. The van der Waals surface area contributed by atoms with E-state index in [1.165, 1.54) is 11.1 Å². The van der Waals surface area contributed by atoms with E-state index in [0.717, 1.165) is 84.0 Å². The summed E-state index contributed by atoms with van der Waals surface area (Å²) in [5, 5.41) is 10.4. The highest BCUT2D eigenvalue weighted by atomic mass is 35.5. The Hall–Kier alpha value is -1.36. The van der Waals surface area contributed by atoms with Crippen LogP contribution in [-0.4, -0.2) is 17.7 Å². The molecular formula is C28H36Cl2O3S. The molecule has 0 fully saturated rings. The first-order valence-electron chi connectivity index (χ1n) is 12.5. The summed E-state index contributed by atoms with van der Waals surface area (Å²) in [4.78, 5) is 11.9. The monoisotopic (exact) mass is 522 g/mol. The number of rotatable bonds is 14. The molecule has 6 heteroatoms. The van der Waals surface area contributed by atoms with Crippen LogP contribution in [0.5, 0.6) is 5.75 Å². The Bertz CT molecular complexity index is 955. The number of hydrogen-bond donors (Lipinski definition) is 1. The van der Waals surface area contributed by atoms with Gasteiger partial charge in [0.25, 0.3) is 0 Å². The lowest BCUT2D eigenvalue weighted by atomic mass is 9.74. The van der Waals surface area contributed by atoms with Crippen LogP contribution in [0.15, 0.2) is 35.2 Å². The number of carboxylic acid groups (broad SMARTS) is 1. The minimum Gasteiger partial charge on any atom is -0.492 e. The molecule has 0 amide bonds. The minimum atomic E-state index is -0.710. The highest BCUT2D eigenvalue weighted by Crippen LogP contribution is 2.47. The Morgan fingerprint density at radius 1 is 1.03 bits per heavy atom. The smallest absolute Gasteiger partial charge is 0.303 e. The summed E-state index contributed by atoms with van der Waals surface area (Å²) in [5.74, 6) is 0.989. The van der Waals surface area contributed by atoms with Crippen molar-refractivity contribution >= 4 is 40.9 Å². The van der Waals surface area contributed by atoms with E-state index in [-0.39, 0.29) is 11.8 Å². The molecule has 1 atom stereocenters. The fraction of sp³-hybridized carbons (Fsp3) is 0.536. The number of aryl methyl sites for hydroxylation is 1. The first-order valence-corrected chi connectivity index (χ1v) is 14.2. The van der Waals surface area contributed by atoms with Gasteiger partial charge in [-0.15, -0.1) is 11.8 Å². The Morgan fingerprint density at radius 2 is 1.79 bits per heavy atom. The summed E-state index contributed by atoms with van der Waals surface area (Å²) >= 11 is 14.9. The molecule has 1 N–H and O–H groups in total. The number of benzene rings is 2. The zero-order chi connectivity index (χ0) is 24.6. The summed E-state index contributed by atoms with van der Waals surface area (Å²) in [5.41, 5.74) is 3.52. The van der Waals surface area contributed by atoms with Crippen LogP contribution in [0.1, 0.15) is 88.3 Å². The number of thioether (sulfide) groups is 1. The Balaban J connectivity index is 1.66. The van der Waals surface area contributed by atoms with Crippen LogP contribution >= 0.6 is 35.0 Å². The van der Waals surface area contributed by atoms with Crippen LogP contribution < -0.4 is 4.74 Å². The number of carbonyl (C=O) groups is 1. The molecule has 0 spiro atoms. The predicted octanol–water partition coefficient (Wildman–Crippen LogP) is 9.09. The molecule has 1 aliphatic heterocycles. The van der Waals surface area contributed by atoms with E-state index in [1.807, 2.05) is 0 Å². The molecule has 0 aliphatic carbocycles. The van der Waals surface area contributed by atoms with Crippen molar-refractivity contribution in [1.29, 1.82) is 0 Å². The van der Waals surface area contributed by atoms with Crippen molar-refractivity contribution in [2.45, 2.75) is 94.1 Å². The second kappa shape index (κ2) is 13.1. The van der Waals surface area contributed by atoms with Gasteiger partial charge in [0.1, 0.15) is 5.75 Å². The van der Waals surface area contributed by atoms with Gasteiger partial charge in [0.15, 0.2) is 0 Å². The van der Waals surface area contributed by atoms with Gasteiger partial charge in [0.05, 0.1) is 6.61 Å². The summed E-state index contributed by atoms with van der Waals surface area (Å²) in [6.45, 7) is 5.11. The average molecular weight is 524 g/mol. The Labute approximate surface area is 218 Å². The molecule has 0 bridgehead atoms. The highest BCUT2D eigenvalue weighted by molar-refractivity contribution is 7.98. The number of ether oxygens (including phenoxy) is 1. The van der Waals surface area contributed by atoms with Crippen molar-refractivity contribution < 1.29 is 14.6 Å². The molecule has 186 valence electrons. The predicted molar refractivity (Wildman–Crippen MR) is 144 cm³/mol. The lowest BCUT2D eigenvalue weighted by Crippen LogP contribution is -2.28. The maximum absolute atomic E-state index is 10.8. The third-order valence-electron chi connectivity index (χ3n) is 6.71. The van der Waals surface area contributed by atoms with Crippen LogP contribution in [0, 0.1) is 0 Å². The fourth-order valence-corrected chi connectivity index (χ4v) is 6.65. The van der Waals surface area contributed by atoms with E-state index in [0.29, 0.717) is 12.4 Å². The van der Waals surface area contributed by atoms with E-state index < -0.39 is 5.97 Å². The lowest BCUT2D eigenvalue weighted by molar-refractivity contribution is -0.137. The largest absolute Gasteiger partial charge is 0.492 e. The van der Waals surface area contributed by atoms with Crippen LogP contribution in [0.25, 0.3) is 0 Å². The first-order chi connectivity index (χ1) is 16.4. The van der Waals surface area contributed by atoms with Gasteiger partial charge in [-0.1, -0.05) is 68.8 Å². The van der Waals surface area contributed by atoms with Crippen molar-refractivity contribution in [3.63, 3.8) is 0 Å². The minimum absolute atomic E-state index is 0.0391. The fourth-order valence-electron chi connectivity index (χ4n) is 4.85. The quantitative estimate of drug-likeness (QED) is 0.198. The summed E-state index contributed by atoms with van der Waals surface area (Å²) in [6, 6.07) is 10.7. The summed E-state index contributed by atoms with van der Waals surface area (Å²) in [7, 11) is 0. The SMILES string of the molecule is CCCCc1cc(Cl)c(CSc2ccc3c(c2)OCC3(CCC)CCCCCC(=O)O)c(Cl)c1. The van der Waals surface area contributed by atoms with Crippen molar-refractivity contribution in [2.75, 3.05) is 6.61 Å². The van der Waals surface area contributed by atoms with Crippen molar-refractivity contribution in [1.82, 2.24) is 0 Å². The topological polar surface area (TPSA) is 46.5 Å². The zero-order valence-electron chi connectivity index (χ0n) is 20.3. The first kappa shape index (κ1) is 27.2. The molecular weight excluding hydrogens is 487 g/mol. The molecule has 0 radical (unpaired) electrons. The third kappa shape index (κ3) is 7.08. The van der Waals surface area contributed by atoms with Crippen molar-refractivity contribution in [2.24, 2.45) is 0 Å². The van der Waals surface area contributed by atoms with Gasteiger partial charge in [-0.25, -0.2) is 0 Å². The molecule has 0 saturated heterocycles. The molecule has 1 aliphatic rings. The van der Waals surface area contributed by atoms with Gasteiger partial charge in [-0.05, 0) is 67.5 Å². The molecule has 34 heavy (non-hydrogen) atoms. The van der Waals surface area contributed by atoms with E-state index in [1.54, 1.807) is 11.8 Å².